The van der Waals surface area contributed by atoms with E-state index in [1.54, 1.807) is 36.4 Å². The molecule has 0 atom stereocenters. The fraction of sp³-hybridized carbons (Fsp3) is 0.250. The molecule has 4 rings (SSSR count). The second-order valence-corrected chi connectivity index (χ2v) is 11.5. The Morgan fingerprint density at radius 2 is 1.68 bits per heavy atom. The maximum atomic E-state index is 13.5. The van der Waals surface area contributed by atoms with Gasteiger partial charge in [-0.05, 0) is 67.8 Å². The first-order valence-electron chi connectivity index (χ1n) is 12.4. The van der Waals surface area contributed by atoms with Crippen LogP contribution >= 0.6 is 0 Å². The molecule has 214 valence electrons. The molecule has 41 heavy (non-hydrogen) atoms. The zero-order valence-corrected chi connectivity index (χ0v) is 22.9. The first-order valence-corrected chi connectivity index (χ1v) is 13.9. The van der Waals surface area contributed by atoms with Crippen LogP contribution in [0.1, 0.15) is 36.1 Å². The first-order chi connectivity index (χ1) is 19.1. The van der Waals surface area contributed by atoms with Crippen LogP contribution in [0.25, 0.3) is 0 Å². The van der Waals surface area contributed by atoms with Gasteiger partial charge in [-0.2, -0.15) is 18.4 Å². The highest BCUT2D eigenvalue weighted by molar-refractivity contribution is 7.89. The van der Waals surface area contributed by atoms with Gasteiger partial charge >= 0.3 is 12.2 Å². The number of hydrogen-bond acceptors (Lipinski definition) is 6. The molecule has 3 amide bonds. The van der Waals surface area contributed by atoms with Gasteiger partial charge in [-0.25, -0.2) is 23.3 Å². The Hall–Kier alpha value is -4.41. The van der Waals surface area contributed by atoms with E-state index in [0.29, 0.717) is 35.2 Å². The fourth-order valence-electron chi connectivity index (χ4n) is 4.52. The number of nitriles is 1. The predicted octanol–water partition coefficient (Wildman–Crippen LogP) is 4.63. The summed E-state index contributed by atoms with van der Waals surface area (Å²) in [5.41, 5.74) is -1.28. The van der Waals surface area contributed by atoms with E-state index in [0.717, 1.165) is 17.7 Å². The molecule has 0 radical (unpaired) electrons. The molecule has 0 bridgehead atoms. The summed E-state index contributed by atoms with van der Waals surface area (Å²) in [5.74, 6) is -0.700. The Bertz CT molecular complexity index is 1650. The molecular formula is C28H26F3N5O4S. The lowest BCUT2D eigenvalue weighted by molar-refractivity contribution is -0.137. The van der Waals surface area contributed by atoms with Crippen molar-refractivity contribution in [1.29, 1.82) is 5.26 Å². The zero-order chi connectivity index (χ0) is 30.2. The Kier molecular flexibility index (Phi) is 7.84. The van der Waals surface area contributed by atoms with Crippen LogP contribution in [-0.2, 0) is 34.0 Å². The van der Waals surface area contributed by atoms with Gasteiger partial charge < -0.3 is 10.2 Å². The molecule has 0 aromatic heterocycles. The smallest absolute Gasteiger partial charge is 0.384 e. The number of nitrogens with zero attached hydrogens (tertiary/aromatic N) is 3. The number of nitrogens with two attached hydrogens (primary N) is 1. The van der Waals surface area contributed by atoms with Crippen LogP contribution < -0.4 is 15.4 Å². The van der Waals surface area contributed by atoms with Gasteiger partial charge in [0, 0.05) is 12.2 Å². The summed E-state index contributed by atoms with van der Waals surface area (Å²) in [6.07, 6.45) is -4.31. The highest BCUT2D eigenvalue weighted by atomic mass is 32.2. The summed E-state index contributed by atoms with van der Waals surface area (Å²) < 4.78 is 63.5. The maximum Gasteiger partial charge on any atom is 0.417 e. The highest BCUT2D eigenvalue weighted by Crippen LogP contribution is 2.38. The Labute approximate surface area is 235 Å². The average Bonchev–Trinajstić information content (AvgIpc) is 3.07. The van der Waals surface area contributed by atoms with Crippen LogP contribution in [0.4, 0.5) is 29.3 Å². The van der Waals surface area contributed by atoms with Crippen LogP contribution in [0, 0.1) is 11.3 Å². The number of imide groups is 1. The van der Waals surface area contributed by atoms with Crippen molar-refractivity contribution in [2.24, 2.45) is 5.14 Å². The molecule has 1 fully saturated rings. The first kappa shape index (κ1) is 29.6. The predicted molar refractivity (Wildman–Crippen MR) is 145 cm³/mol. The number of halogens is 3. The highest BCUT2D eigenvalue weighted by Gasteiger charge is 2.52. The van der Waals surface area contributed by atoms with Crippen LogP contribution in [0.5, 0.6) is 0 Å². The van der Waals surface area contributed by atoms with Crippen LogP contribution in [-0.4, -0.2) is 37.3 Å². The quantitative estimate of drug-likeness (QED) is 0.370. The van der Waals surface area contributed by atoms with E-state index >= 15 is 0 Å². The van der Waals surface area contributed by atoms with E-state index in [4.69, 9.17) is 10.4 Å². The lowest BCUT2D eigenvalue weighted by Gasteiger charge is -2.28. The number of carbonyl (C=O) groups excluding carboxylic acids is 2. The molecule has 0 spiro atoms. The lowest BCUT2D eigenvalue weighted by Crippen LogP contribution is -2.43. The van der Waals surface area contributed by atoms with E-state index in [2.05, 4.69) is 5.32 Å². The van der Waals surface area contributed by atoms with Gasteiger partial charge in [0.1, 0.15) is 5.54 Å². The summed E-state index contributed by atoms with van der Waals surface area (Å²) >= 11 is 0. The van der Waals surface area contributed by atoms with Crippen molar-refractivity contribution < 1.29 is 31.2 Å². The number of amides is 3. The standard InChI is InChI=1S/C28H26F3N5O4S/c1-27(2)25(37)36(21-10-9-19(16-32)23(15-21)28(29,30)31)26(38)35(27)17-20-5-3-4-6-24(20)34-14-13-18-7-11-22(12-8-18)41(33,39)40/h3-12,15,34H,13-14,17H2,1-2H3,(H2,33,39,40). The van der Waals surface area contributed by atoms with Crippen molar-refractivity contribution in [3.05, 3.63) is 89.0 Å². The largest absolute Gasteiger partial charge is 0.417 e. The molecular weight excluding hydrogens is 559 g/mol. The number of sulfonamides is 1. The molecule has 3 N–H and O–H groups in total. The minimum atomic E-state index is -4.85. The Morgan fingerprint density at radius 3 is 2.29 bits per heavy atom. The average molecular weight is 586 g/mol. The second-order valence-electron chi connectivity index (χ2n) is 9.93. The number of alkyl halides is 3. The van der Waals surface area contributed by atoms with E-state index in [1.165, 1.54) is 36.9 Å². The number of anilines is 2. The molecule has 0 unspecified atom stereocenters. The third-order valence-corrected chi connectivity index (χ3v) is 7.77. The molecule has 1 saturated heterocycles. The molecule has 0 saturated carbocycles. The van der Waals surface area contributed by atoms with Crippen LogP contribution in [0.3, 0.4) is 0 Å². The van der Waals surface area contributed by atoms with E-state index in [-0.39, 0.29) is 17.1 Å². The van der Waals surface area contributed by atoms with Crippen molar-refractivity contribution in [2.75, 3.05) is 16.8 Å². The van der Waals surface area contributed by atoms with Crippen molar-refractivity contribution in [1.82, 2.24) is 4.90 Å². The number of nitrogens with one attached hydrogen (secondary N) is 1. The summed E-state index contributed by atoms with van der Waals surface area (Å²) in [7, 11) is -3.79. The van der Waals surface area contributed by atoms with Gasteiger partial charge in [0.05, 0.1) is 34.3 Å². The van der Waals surface area contributed by atoms with Crippen LogP contribution in [0.2, 0.25) is 0 Å². The van der Waals surface area contributed by atoms with Gasteiger partial charge in [-0.3, -0.25) is 4.79 Å². The zero-order valence-electron chi connectivity index (χ0n) is 22.1. The minimum Gasteiger partial charge on any atom is -0.384 e. The van der Waals surface area contributed by atoms with Gasteiger partial charge in [0.2, 0.25) is 10.0 Å². The molecule has 3 aromatic carbocycles. The number of carbonyl (C=O) groups is 2. The number of para-hydroxylation sites is 1. The number of benzene rings is 3. The molecule has 0 aliphatic carbocycles. The normalized spacial score (nSPS) is 15.2. The van der Waals surface area contributed by atoms with Crippen molar-refractivity contribution in [3.8, 4) is 6.07 Å². The third kappa shape index (κ3) is 6.03. The number of urea groups is 1. The molecule has 1 aliphatic rings. The van der Waals surface area contributed by atoms with E-state index in [9.17, 15) is 31.2 Å². The second kappa shape index (κ2) is 10.9. The topological polar surface area (TPSA) is 137 Å². The monoisotopic (exact) mass is 585 g/mol. The molecule has 1 heterocycles. The van der Waals surface area contributed by atoms with Crippen LogP contribution in [0.15, 0.2) is 71.6 Å². The Balaban J connectivity index is 1.54. The molecule has 1 aliphatic heterocycles. The SMILES string of the molecule is CC1(C)C(=O)N(c2ccc(C#N)c(C(F)(F)F)c2)C(=O)N1Cc1ccccc1NCCc1ccc(S(N)(=O)=O)cc1. The van der Waals surface area contributed by atoms with Gasteiger partial charge in [0.15, 0.2) is 0 Å². The fourth-order valence-corrected chi connectivity index (χ4v) is 5.04. The van der Waals surface area contributed by atoms with Crippen molar-refractivity contribution in [2.45, 2.75) is 43.4 Å². The minimum absolute atomic E-state index is 0.0108. The molecule has 9 nitrogen and oxygen atoms in total. The molecule has 3 aromatic rings. The van der Waals surface area contributed by atoms with Gasteiger partial charge in [-0.1, -0.05) is 30.3 Å². The third-order valence-electron chi connectivity index (χ3n) is 6.84. The van der Waals surface area contributed by atoms with Gasteiger partial charge in [0.25, 0.3) is 5.91 Å². The number of hydrogen-bond donors (Lipinski definition) is 2. The van der Waals surface area contributed by atoms with Crippen molar-refractivity contribution in [3.63, 3.8) is 0 Å². The summed E-state index contributed by atoms with van der Waals surface area (Å²) in [6.45, 7) is 3.48. The van der Waals surface area contributed by atoms with Crippen molar-refractivity contribution >= 4 is 33.3 Å². The van der Waals surface area contributed by atoms with Gasteiger partial charge in [-0.15, -0.1) is 0 Å². The Morgan fingerprint density at radius 1 is 1.02 bits per heavy atom. The molecule has 13 heteroatoms. The van der Waals surface area contributed by atoms with E-state index < -0.39 is 44.8 Å². The number of rotatable bonds is 8. The van der Waals surface area contributed by atoms with E-state index in [1.807, 2.05) is 0 Å². The maximum absolute atomic E-state index is 13.5. The summed E-state index contributed by atoms with van der Waals surface area (Å²) in [5, 5.41) is 17.5. The summed E-state index contributed by atoms with van der Waals surface area (Å²) in [4.78, 5) is 28.8. The summed E-state index contributed by atoms with van der Waals surface area (Å²) in [6, 6.07) is 16.7. The lowest BCUT2D eigenvalue weighted by atomic mass is 10.0. The number of primary sulfonamides is 1.